The van der Waals surface area contributed by atoms with Gasteiger partial charge in [-0.2, -0.15) is 0 Å². The Morgan fingerprint density at radius 1 is 1.00 bits per heavy atom. The van der Waals surface area contributed by atoms with Gasteiger partial charge in [0.2, 0.25) is 5.91 Å². The van der Waals surface area contributed by atoms with E-state index in [0.29, 0.717) is 5.56 Å². The van der Waals surface area contributed by atoms with Crippen LogP contribution in [0.4, 0.5) is 27.6 Å². The molecular formula is C15H10F5NO2. The van der Waals surface area contributed by atoms with Crippen LogP contribution in [0.25, 0.3) is 0 Å². The Balaban J connectivity index is 1.96. The number of benzene rings is 2. The van der Waals surface area contributed by atoms with E-state index in [1.807, 2.05) is 0 Å². The zero-order valence-electron chi connectivity index (χ0n) is 11.5. The fourth-order valence-corrected chi connectivity index (χ4v) is 1.77. The first-order valence-electron chi connectivity index (χ1n) is 6.32. The maximum atomic E-state index is 13.0. The second-order valence-electron chi connectivity index (χ2n) is 4.55. The molecule has 0 saturated carbocycles. The molecule has 0 unspecified atom stereocenters. The van der Waals surface area contributed by atoms with Crippen LogP contribution in [0.2, 0.25) is 0 Å². The van der Waals surface area contributed by atoms with Crippen molar-refractivity contribution in [3.8, 4) is 5.75 Å². The number of ether oxygens (including phenoxy) is 1. The zero-order valence-corrected chi connectivity index (χ0v) is 11.5. The largest absolute Gasteiger partial charge is 0.573 e. The highest BCUT2D eigenvalue weighted by Crippen LogP contribution is 2.23. The minimum atomic E-state index is -4.79. The number of hydrogen-bond acceptors (Lipinski definition) is 2. The van der Waals surface area contributed by atoms with Crippen LogP contribution in [0, 0.1) is 11.6 Å². The number of carbonyl (C=O) groups is 1. The van der Waals surface area contributed by atoms with Gasteiger partial charge in [-0.05, 0) is 29.8 Å². The summed E-state index contributed by atoms with van der Waals surface area (Å²) in [6, 6.07) is 7.64. The number of anilines is 1. The lowest BCUT2D eigenvalue weighted by molar-refractivity contribution is -0.274. The zero-order chi connectivity index (χ0) is 17.0. The molecule has 0 aliphatic heterocycles. The van der Waals surface area contributed by atoms with Gasteiger partial charge in [-0.15, -0.1) is 13.2 Å². The molecule has 0 heterocycles. The summed E-state index contributed by atoms with van der Waals surface area (Å²) in [5, 5.41) is 2.35. The lowest BCUT2D eigenvalue weighted by Crippen LogP contribution is -2.17. The van der Waals surface area contributed by atoms with Crippen molar-refractivity contribution in [1.29, 1.82) is 0 Å². The molecular weight excluding hydrogens is 321 g/mol. The predicted molar refractivity (Wildman–Crippen MR) is 71.8 cm³/mol. The summed E-state index contributed by atoms with van der Waals surface area (Å²) in [6.07, 6.45) is -4.93. The molecule has 1 N–H and O–H groups in total. The van der Waals surface area contributed by atoms with Gasteiger partial charge in [0, 0.05) is 11.8 Å². The van der Waals surface area contributed by atoms with E-state index in [1.54, 1.807) is 0 Å². The summed E-state index contributed by atoms with van der Waals surface area (Å²) in [7, 11) is 0. The smallest absolute Gasteiger partial charge is 0.406 e. The first kappa shape index (κ1) is 16.7. The van der Waals surface area contributed by atoms with E-state index in [-0.39, 0.29) is 12.1 Å². The van der Waals surface area contributed by atoms with E-state index in [1.165, 1.54) is 18.2 Å². The van der Waals surface area contributed by atoms with Crippen LogP contribution in [0.15, 0.2) is 42.5 Å². The molecule has 1 amide bonds. The lowest BCUT2D eigenvalue weighted by Gasteiger charge is -2.09. The van der Waals surface area contributed by atoms with Gasteiger partial charge in [0.25, 0.3) is 0 Å². The molecule has 8 heteroatoms. The van der Waals surface area contributed by atoms with Gasteiger partial charge in [-0.1, -0.05) is 12.1 Å². The number of rotatable bonds is 4. The standard InChI is InChI=1S/C15H10F5NO2/c16-12-6-3-10(8-13(12)17)21-14(22)7-9-1-4-11(5-2-9)23-15(18,19)20/h1-6,8H,7H2,(H,21,22). The highest BCUT2D eigenvalue weighted by Gasteiger charge is 2.30. The van der Waals surface area contributed by atoms with Gasteiger partial charge >= 0.3 is 6.36 Å². The third-order valence-corrected chi connectivity index (χ3v) is 2.72. The minimum Gasteiger partial charge on any atom is -0.406 e. The van der Waals surface area contributed by atoms with Crippen molar-refractivity contribution in [2.75, 3.05) is 5.32 Å². The average molecular weight is 331 g/mol. The number of hydrogen-bond donors (Lipinski definition) is 1. The number of halogens is 5. The van der Waals surface area contributed by atoms with Gasteiger partial charge in [0.15, 0.2) is 11.6 Å². The summed E-state index contributed by atoms with van der Waals surface area (Å²) < 4.78 is 65.5. The Kier molecular flexibility index (Phi) is 4.83. The Morgan fingerprint density at radius 2 is 1.65 bits per heavy atom. The summed E-state index contributed by atoms with van der Waals surface area (Å²) >= 11 is 0. The number of carbonyl (C=O) groups excluding carboxylic acids is 1. The molecule has 122 valence electrons. The Morgan fingerprint density at radius 3 is 2.22 bits per heavy atom. The van der Waals surface area contributed by atoms with E-state index in [9.17, 15) is 26.7 Å². The molecule has 0 aliphatic rings. The van der Waals surface area contributed by atoms with Gasteiger partial charge in [-0.3, -0.25) is 4.79 Å². The Bertz CT molecular complexity index is 698. The molecule has 0 atom stereocenters. The van der Waals surface area contributed by atoms with Crippen LogP contribution in [-0.2, 0) is 11.2 Å². The van der Waals surface area contributed by atoms with Crippen molar-refractivity contribution in [3.05, 3.63) is 59.7 Å². The molecule has 0 radical (unpaired) electrons. The van der Waals surface area contributed by atoms with E-state index in [2.05, 4.69) is 10.1 Å². The number of alkyl halides is 3. The highest BCUT2D eigenvalue weighted by molar-refractivity contribution is 5.92. The third-order valence-electron chi connectivity index (χ3n) is 2.72. The van der Waals surface area contributed by atoms with Crippen molar-refractivity contribution in [1.82, 2.24) is 0 Å². The van der Waals surface area contributed by atoms with E-state index >= 15 is 0 Å². The molecule has 0 bridgehead atoms. The first-order chi connectivity index (χ1) is 10.7. The minimum absolute atomic E-state index is 0.0749. The van der Waals surface area contributed by atoms with Gasteiger partial charge in [0.1, 0.15) is 5.75 Å². The topological polar surface area (TPSA) is 38.3 Å². The second kappa shape index (κ2) is 6.64. The monoisotopic (exact) mass is 331 g/mol. The normalized spacial score (nSPS) is 11.2. The second-order valence-corrected chi connectivity index (χ2v) is 4.55. The molecule has 0 fully saturated rings. The fraction of sp³-hybridized carbons (Fsp3) is 0.133. The maximum absolute atomic E-state index is 13.0. The first-order valence-corrected chi connectivity index (χ1v) is 6.32. The maximum Gasteiger partial charge on any atom is 0.573 e. The molecule has 2 rings (SSSR count). The lowest BCUT2D eigenvalue weighted by atomic mass is 10.1. The summed E-state index contributed by atoms with van der Waals surface area (Å²) in [4.78, 5) is 11.8. The van der Waals surface area contributed by atoms with Crippen molar-refractivity contribution >= 4 is 11.6 Å². The molecule has 0 spiro atoms. The SMILES string of the molecule is O=C(Cc1ccc(OC(F)(F)F)cc1)Nc1ccc(F)c(F)c1. The summed E-state index contributed by atoms with van der Waals surface area (Å²) in [6.45, 7) is 0. The molecule has 2 aromatic carbocycles. The summed E-state index contributed by atoms with van der Waals surface area (Å²) in [5.41, 5.74) is 0.505. The van der Waals surface area contributed by atoms with Crippen LogP contribution < -0.4 is 10.1 Å². The number of amides is 1. The van der Waals surface area contributed by atoms with E-state index in [4.69, 9.17) is 0 Å². The Labute approximate surface area is 127 Å². The van der Waals surface area contributed by atoms with Gasteiger partial charge < -0.3 is 10.1 Å². The summed E-state index contributed by atoms with van der Waals surface area (Å²) in [5.74, 6) is -3.07. The van der Waals surface area contributed by atoms with Crippen LogP contribution in [0.1, 0.15) is 5.56 Å². The van der Waals surface area contributed by atoms with Gasteiger partial charge in [-0.25, -0.2) is 8.78 Å². The molecule has 2 aromatic rings. The van der Waals surface area contributed by atoms with Crippen LogP contribution in [0.3, 0.4) is 0 Å². The fourth-order valence-electron chi connectivity index (χ4n) is 1.77. The predicted octanol–water partition coefficient (Wildman–Crippen LogP) is 4.04. The van der Waals surface area contributed by atoms with Crippen LogP contribution in [-0.4, -0.2) is 12.3 Å². The van der Waals surface area contributed by atoms with E-state index < -0.39 is 29.7 Å². The molecule has 3 nitrogen and oxygen atoms in total. The molecule has 23 heavy (non-hydrogen) atoms. The van der Waals surface area contributed by atoms with Crippen molar-refractivity contribution < 1.29 is 31.5 Å². The van der Waals surface area contributed by atoms with Crippen molar-refractivity contribution in [2.45, 2.75) is 12.8 Å². The quantitative estimate of drug-likeness (QED) is 0.859. The molecule has 0 aromatic heterocycles. The Hall–Kier alpha value is -2.64. The number of nitrogens with one attached hydrogen (secondary N) is 1. The van der Waals surface area contributed by atoms with Crippen LogP contribution in [0.5, 0.6) is 5.75 Å². The van der Waals surface area contributed by atoms with Gasteiger partial charge in [0.05, 0.1) is 6.42 Å². The average Bonchev–Trinajstić information content (AvgIpc) is 2.43. The van der Waals surface area contributed by atoms with E-state index in [0.717, 1.165) is 24.3 Å². The molecule has 0 aliphatic carbocycles. The highest BCUT2D eigenvalue weighted by atomic mass is 19.4. The van der Waals surface area contributed by atoms with Crippen molar-refractivity contribution in [3.63, 3.8) is 0 Å². The third kappa shape index (κ3) is 5.24. The molecule has 0 saturated heterocycles. The van der Waals surface area contributed by atoms with Crippen molar-refractivity contribution in [2.24, 2.45) is 0 Å². The van der Waals surface area contributed by atoms with Crippen LogP contribution >= 0.6 is 0 Å².